The van der Waals surface area contributed by atoms with E-state index in [4.69, 9.17) is 4.74 Å². The van der Waals surface area contributed by atoms with E-state index in [0.717, 1.165) is 0 Å². The van der Waals surface area contributed by atoms with E-state index in [1.54, 1.807) is 23.1 Å². The summed E-state index contributed by atoms with van der Waals surface area (Å²) >= 11 is 0. The number of hydrogen-bond donors (Lipinski definition) is 0. The van der Waals surface area contributed by atoms with Crippen molar-refractivity contribution in [2.75, 3.05) is 38.3 Å². The van der Waals surface area contributed by atoms with Crippen LogP contribution in [0, 0.1) is 0 Å². The topological polar surface area (TPSA) is 76.2 Å². The summed E-state index contributed by atoms with van der Waals surface area (Å²) in [6.45, 7) is 4.62. The second-order valence-electron chi connectivity index (χ2n) is 5.00. The van der Waals surface area contributed by atoms with Crippen LogP contribution in [0.25, 0.3) is 0 Å². The number of carbonyl (C=O) groups is 3. The first-order valence-electron chi connectivity index (χ1n) is 7.45. The van der Waals surface area contributed by atoms with Gasteiger partial charge in [0.2, 0.25) is 0 Å². The Hall–Kier alpha value is -2.57. The van der Waals surface area contributed by atoms with Crippen LogP contribution in [0.15, 0.2) is 18.2 Å². The van der Waals surface area contributed by atoms with Gasteiger partial charge in [-0.1, -0.05) is 0 Å². The normalized spacial score (nSPS) is 13.2. The van der Waals surface area contributed by atoms with E-state index < -0.39 is 5.97 Å². The van der Waals surface area contributed by atoms with E-state index in [2.05, 4.69) is 4.74 Å². The molecule has 0 saturated heterocycles. The van der Waals surface area contributed by atoms with E-state index in [1.165, 1.54) is 12.0 Å². The lowest BCUT2D eigenvalue weighted by atomic mass is 10.1. The average Bonchev–Trinajstić information content (AvgIpc) is 2.57. The van der Waals surface area contributed by atoms with E-state index in [-0.39, 0.29) is 25.0 Å². The molecular formula is C16H20N2O5. The van der Waals surface area contributed by atoms with Gasteiger partial charge < -0.3 is 14.4 Å². The predicted molar refractivity (Wildman–Crippen MR) is 83.6 cm³/mol. The summed E-state index contributed by atoms with van der Waals surface area (Å²) < 4.78 is 9.98. The molecule has 1 aliphatic rings. The van der Waals surface area contributed by atoms with Crippen LogP contribution in [0.3, 0.4) is 0 Å². The Morgan fingerprint density at radius 1 is 1.30 bits per heavy atom. The lowest BCUT2D eigenvalue weighted by molar-refractivity contribution is -0.140. The van der Waals surface area contributed by atoms with Gasteiger partial charge >= 0.3 is 5.97 Å². The summed E-state index contributed by atoms with van der Waals surface area (Å²) in [7, 11) is 1.26. The van der Waals surface area contributed by atoms with Crippen LogP contribution in [0.2, 0.25) is 0 Å². The summed E-state index contributed by atoms with van der Waals surface area (Å²) in [6, 6.07) is 4.88. The number of hydrogen-bond acceptors (Lipinski definition) is 5. The van der Waals surface area contributed by atoms with Gasteiger partial charge in [0.05, 0.1) is 12.8 Å². The monoisotopic (exact) mass is 320 g/mol. The highest BCUT2D eigenvalue weighted by molar-refractivity contribution is 6.03. The van der Waals surface area contributed by atoms with Crippen LogP contribution in [-0.4, -0.2) is 56.0 Å². The summed E-state index contributed by atoms with van der Waals surface area (Å²) in [5, 5.41) is 0. The smallest absolute Gasteiger partial charge is 0.325 e. The molecule has 2 amide bonds. The molecule has 0 N–H and O–H groups in total. The number of nitrogens with zero attached hydrogens (tertiary/aromatic N) is 2. The number of anilines is 1. The largest absolute Gasteiger partial charge is 0.482 e. The maximum absolute atomic E-state index is 12.4. The predicted octanol–water partition coefficient (Wildman–Crippen LogP) is 1.07. The van der Waals surface area contributed by atoms with Gasteiger partial charge in [0, 0.05) is 18.7 Å². The molecule has 1 aromatic carbocycles. The molecule has 124 valence electrons. The number of ether oxygens (including phenoxy) is 2. The molecule has 0 aromatic heterocycles. The van der Waals surface area contributed by atoms with Crippen molar-refractivity contribution in [2.24, 2.45) is 0 Å². The van der Waals surface area contributed by atoms with Crippen molar-refractivity contribution in [3.63, 3.8) is 0 Å². The van der Waals surface area contributed by atoms with E-state index in [9.17, 15) is 14.4 Å². The Labute approximate surface area is 134 Å². The SMILES string of the molecule is CCN(CC)C(=O)c1ccc2c(c1)N(CC(=O)OC)C(=O)CO2. The number of amides is 2. The third-order valence-corrected chi connectivity index (χ3v) is 3.71. The number of rotatable bonds is 5. The van der Waals surface area contributed by atoms with Gasteiger partial charge in [-0.25, -0.2) is 0 Å². The molecule has 0 unspecified atom stereocenters. The Morgan fingerprint density at radius 3 is 2.61 bits per heavy atom. The van der Waals surface area contributed by atoms with E-state index in [0.29, 0.717) is 30.1 Å². The highest BCUT2D eigenvalue weighted by Crippen LogP contribution is 2.33. The zero-order chi connectivity index (χ0) is 17.0. The van der Waals surface area contributed by atoms with Crippen molar-refractivity contribution in [1.29, 1.82) is 0 Å². The van der Waals surface area contributed by atoms with Crippen LogP contribution in [0.4, 0.5) is 5.69 Å². The summed E-state index contributed by atoms with van der Waals surface area (Å²) in [6.07, 6.45) is 0. The first-order valence-corrected chi connectivity index (χ1v) is 7.45. The van der Waals surface area contributed by atoms with E-state index in [1.807, 2.05) is 13.8 Å². The lowest BCUT2D eigenvalue weighted by Crippen LogP contribution is -2.42. The van der Waals surface area contributed by atoms with Gasteiger partial charge in [-0.3, -0.25) is 19.3 Å². The molecule has 0 bridgehead atoms. The first-order chi connectivity index (χ1) is 11.0. The zero-order valence-corrected chi connectivity index (χ0v) is 13.5. The fourth-order valence-electron chi connectivity index (χ4n) is 2.40. The van der Waals surface area contributed by atoms with Gasteiger partial charge in [-0.2, -0.15) is 0 Å². The Bertz CT molecular complexity index is 625. The van der Waals surface area contributed by atoms with Crippen LogP contribution in [0.5, 0.6) is 5.75 Å². The van der Waals surface area contributed by atoms with Crippen molar-refractivity contribution >= 4 is 23.5 Å². The standard InChI is InChI=1S/C16H20N2O5/c1-4-17(5-2)16(21)11-6-7-13-12(8-11)18(9-15(20)22-3)14(19)10-23-13/h6-8H,4-5,9-10H2,1-3H3. The molecular weight excluding hydrogens is 300 g/mol. The molecule has 0 radical (unpaired) electrons. The fraction of sp³-hybridized carbons (Fsp3) is 0.438. The van der Waals surface area contributed by atoms with Crippen molar-refractivity contribution < 1.29 is 23.9 Å². The van der Waals surface area contributed by atoms with Gasteiger partial charge in [-0.15, -0.1) is 0 Å². The highest BCUT2D eigenvalue weighted by atomic mass is 16.5. The number of methoxy groups -OCH3 is 1. The van der Waals surface area contributed by atoms with Gasteiger partial charge in [0.1, 0.15) is 12.3 Å². The minimum Gasteiger partial charge on any atom is -0.482 e. The van der Waals surface area contributed by atoms with E-state index >= 15 is 0 Å². The second-order valence-corrected chi connectivity index (χ2v) is 5.00. The Kier molecular flexibility index (Phi) is 5.20. The fourth-order valence-corrected chi connectivity index (χ4v) is 2.40. The maximum atomic E-state index is 12.4. The number of carbonyl (C=O) groups excluding carboxylic acids is 3. The molecule has 1 aromatic rings. The number of fused-ring (bicyclic) bond motifs is 1. The molecule has 2 rings (SSSR count). The molecule has 23 heavy (non-hydrogen) atoms. The summed E-state index contributed by atoms with van der Waals surface area (Å²) in [5.74, 6) is -0.555. The number of benzene rings is 1. The molecule has 0 saturated carbocycles. The molecule has 1 aliphatic heterocycles. The first kappa shape index (κ1) is 16.8. The Morgan fingerprint density at radius 2 is 2.00 bits per heavy atom. The highest BCUT2D eigenvalue weighted by Gasteiger charge is 2.29. The van der Waals surface area contributed by atoms with Crippen molar-refractivity contribution in [1.82, 2.24) is 4.90 Å². The van der Waals surface area contributed by atoms with Gasteiger partial charge in [0.15, 0.2) is 6.61 Å². The third-order valence-electron chi connectivity index (χ3n) is 3.71. The molecule has 1 heterocycles. The Balaban J connectivity index is 2.37. The molecule has 0 fully saturated rings. The summed E-state index contributed by atoms with van der Waals surface area (Å²) in [5.41, 5.74) is 0.852. The van der Waals surface area contributed by atoms with Crippen molar-refractivity contribution in [2.45, 2.75) is 13.8 Å². The second kappa shape index (κ2) is 7.13. The van der Waals surface area contributed by atoms with Crippen LogP contribution in [-0.2, 0) is 14.3 Å². The average molecular weight is 320 g/mol. The summed E-state index contributed by atoms with van der Waals surface area (Å²) in [4.78, 5) is 39.0. The van der Waals surface area contributed by atoms with Gasteiger partial charge in [0.25, 0.3) is 11.8 Å². The molecule has 0 spiro atoms. The molecule has 0 atom stereocenters. The quantitative estimate of drug-likeness (QED) is 0.759. The van der Waals surface area contributed by atoms with Gasteiger partial charge in [-0.05, 0) is 32.0 Å². The van der Waals surface area contributed by atoms with Crippen LogP contribution < -0.4 is 9.64 Å². The third kappa shape index (κ3) is 3.44. The molecule has 7 heteroatoms. The van der Waals surface area contributed by atoms with Crippen molar-refractivity contribution in [3.05, 3.63) is 23.8 Å². The van der Waals surface area contributed by atoms with Crippen LogP contribution >= 0.6 is 0 Å². The minimum absolute atomic E-state index is 0.131. The molecule has 7 nitrogen and oxygen atoms in total. The van der Waals surface area contributed by atoms with Crippen LogP contribution in [0.1, 0.15) is 24.2 Å². The lowest BCUT2D eigenvalue weighted by Gasteiger charge is -2.29. The zero-order valence-electron chi connectivity index (χ0n) is 13.5. The van der Waals surface area contributed by atoms with Crippen molar-refractivity contribution in [3.8, 4) is 5.75 Å². The number of esters is 1. The molecule has 0 aliphatic carbocycles. The minimum atomic E-state index is -0.535. The maximum Gasteiger partial charge on any atom is 0.325 e.